The molecular formula is C25H26N4O3. The second-order valence-corrected chi connectivity index (χ2v) is 8.57. The zero-order valence-corrected chi connectivity index (χ0v) is 17.8. The maximum absolute atomic E-state index is 12.8. The van der Waals surface area contributed by atoms with E-state index >= 15 is 0 Å². The zero-order chi connectivity index (χ0) is 21.9. The summed E-state index contributed by atoms with van der Waals surface area (Å²) in [7, 11) is 0. The fraction of sp³-hybridized carbons (Fsp3) is 0.360. The number of nitrogens with one attached hydrogen (secondary N) is 1. The minimum Gasteiger partial charge on any atom is -0.492 e. The van der Waals surface area contributed by atoms with Crippen molar-refractivity contribution in [2.24, 2.45) is 5.92 Å². The van der Waals surface area contributed by atoms with E-state index in [1.807, 2.05) is 36.4 Å². The lowest BCUT2D eigenvalue weighted by molar-refractivity contribution is -0.127. The Kier molecular flexibility index (Phi) is 5.71. The number of aromatic nitrogens is 3. The van der Waals surface area contributed by atoms with Gasteiger partial charge in [-0.2, -0.15) is 5.10 Å². The van der Waals surface area contributed by atoms with Crippen LogP contribution in [0.25, 0.3) is 11.3 Å². The van der Waals surface area contributed by atoms with Crippen molar-refractivity contribution in [2.75, 3.05) is 6.61 Å². The lowest BCUT2D eigenvalue weighted by atomic mass is 9.90. The zero-order valence-electron chi connectivity index (χ0n) is 17.8. The fourth-order valence-corrected chi connectivity index (χ4v) is 4.64. The predicted octanol–water partition coefficient (Wildman–Crippen LogP) is 3.16. The van der Waals surface area contributed by atoms with Gasteiger partial charge in [0.25, 0.3) is 5.56 Å². The molecule has 1 amide bonds. The van der Waals surface area contributed by atoms with Gasteiger partial charge >= 0.3 is 0 Å². The molecule has 3 heterocycles. The molecule has 0 saturated heterocycles. The van der Waals surface area contributed by atoms with Crippen LogP contribution in [0.2, 0.25) is 0 Å². The van der Waals surface area contributed by atoms with Crippen molar-refractivity contribution in [1.82, 2.24) is 20.1 Å². The Hall–Kier alpha value is -3.48. The first kappa shape index (κ1) is 20.4. The van der Waals surface area contributed by atoms with Gasteiger partial charge in [-0.3, -0.25) is 14.6 Å². The van der Waals surface area contributed by atoms with Crippen LogP contribution in [0.5, 0.6) is 5.75 Å². The summed E-state index contributed by atoms with van der Waals surface area (Å²) >= 11 is 0. The number of carbonyl (C=O) groups excluding carboxylic acids is 1. The number of nitrogens with zero attached hydrogens (tertiary/aromatic N) is 3. The highest BCUT2D eigenvalue weighted by molar-refractivity contribution is 5.80. The van der Waals surface area contributed by atoms with Crippen molar-refractivity contribution in [3.05, 3.63) is 76.8 Å². The molecule has 1 N–H and O–H groups in total. The van der Waals surface area contributed by atoms with Crippen LogP contribution in [0.1, 0.15) is 37.3 Å². The summed E-state index contributed by atoms with van der Waals surface area (Å²) in [6.45, 7) is 0.416. The molecule has 0 spiro atoms. The van der Waals surface area contributed by atoms with Crippen LogP contribution < -0.4 is 15.6 Å². The van der Waals surface area contributed by atoms with Gasteiger partial charge in [-0.15, -0.1) is 0 Å². The lowest BCUT2D eigenvalue weighted by Gasteiger charge is -2.31. The Morgan fingerprint density at radius 1 is 1.00 bits per heavy atom. The molecule has 0 bridgehead atoms. The fourth-order valence-electron chi connectivity index (χ4n) is 4.64. The van der Waals surface area contributed by atoms with Crippen molar-refractivity contribution >= 4 is 5.91 Å². The van der Waals surface area contributed by atoms with Crippen molar-refractivity contribution in [2.45, 2.75) is 44.2 Å². The minimum absolute atomic E-state index is 0.0438. The Labute approximate surface area is 186 Å². The molecule has 2 aromatic heterocycles. The molecule has 32 heavy (non-hydrogen) atoms. The third-order valence-corrected chi connectivity index (χ3v) is 6.44. The van der Waals surface area contributed by atoms with Gasteiger partial charge in [0.1, 0.15) is 12.4 Å². The van der Waals surface area contributed by atoms with Gasteiger partial charge < -0.3 is 10.1 Å². The molecule has 7 heteroatoms. The third kappa shape index (κ3) is 4.28. The van der Waals surface area contributed by atoms with E-state index in [1.54, 1.807) is 29.2 Å². The van der Waals surface area contributed by atoms with Crippen LogP contribution in [0.15, 0.2) is 65.7 Å². The number of fused-ring (bicyclic) bond motifs is 1. The number of benzene rings is 1. The van der Waals surface area contributed by atoms with E-state index in [0.29, 0.717) is 13.0 Å². The molecule has 1 fully saturated rings. The van der Waals surface area contributed by atoms with E-state index in [1.165, 1.54) is 0 Å². The Morgan fingerprint density at radius 2 is 1.78 bits per heavy atom. The highest BCUT2D eigenvalue weighted by Crippen LogP contribution is 2.30. The lowest BCUT2D eigenvalue weighted by Crippen LogP contribution is -2.44. The van der Waals surface area contributed by atoms with Gasteiger partial charge in [0, 0.05) is 30.1 Å². The Balaban J connectivity index is 1.20. The number of pyridine rings is 1. The number of amides is 1. The van der Waals surface area contributed by atoms with Crippen molar-refractivity contribution in [1.29, 1.82) is 0 Å². The van der Waals surface area contributed by atoms with Crippen LogP contribution >= 0.6 is 0 Å². The molecule has 1 aliphatic carbocycles. The summed E-state index contributed by atoms with van der Waals surface area (Å²) in [5.74, 6) is 0.769. The summed E-state index contributed by atoms with van der Waals surface area (Å²) in [4.78, 5) is 29.3. The highest BCUT2D eigenvalue weighted by atomic mass is 16.5. The summed E-state index contributed by atoms with van der Waals surface area (Å²) in [6.07, 6.45) is 7.41. The maximum atomic E-state index is 12.8. The molecule has 1 atom stereocenters. The number of para-hydroxylation sites is 1. The quantitative estimate of drug-likeness (QED) is 0.687. The number of hydrogen-bond donors (Lipinski definition) is 1. The van der Waals surface area contributed by atoms with Crippen LogP contribution in [0.3, 0.4) is 0 Å². The van der Waals surface area contributed by atoms with E-state index in [-0.39, 0.29) is 29.5 Å². The minimum atomic E-state index is -0.163. The molecule has 1 unspecified atom stereocenters. The predicted molar refractivity (Wildman–Crippen MR) is 120 cm³/mol. The van der Waals surface area contributed by atoms with Crippen molar-refractivity contribution < 1.29 is 9.53 Å². The molecule has 0 radical (unpaired) electrons. The van der Waals surface area contributed by atoms with E-state index in [2.05, 4.69) is 15.4 Å². The van der Waals surface area contributed by atoms with E-state index < -0.39 is 0 Å². The van der Waals surface area contributed by atoms with E-state index in [9.17, 15) is 9.59 Å². The highest BCUT2D eigenvalue weighted by Gasteiger charge is 2.30. The smallest absolute Gasteiger partial charge is 0.267 e. The van der Waals surface area contributed by atoms with Crippen molar-refractivity contribution in [3.8, 4) is 17.0 Å². The van der Waals surface area contributed by atoms with Crippen LogP contribution in [-0.4, -0.2) is 33.3 Å². The maximum Gasteiger partial charge on any atom is 0.267 e. The molecular weight excluding hydrogens is 404 g/mol. The SMILES string of the molecule is O=C(NC1CCC(n2nc(-c3ccncc3)ccc2=O)CC1)C1COc2ccccc2C1. The molecule has 1 saturated carbocycles. The van der Waals surface area contributed by atoms with Crippen LogP contribution in [0.4, 0.5) is 0 Å². The average Bonchev–Trinajstić information content (AvgIpc) is 2.85. The van der Waals surface area contributed by atoms with Gasteiger partial charge in [-0.25, -0.2) is 4.68 Å². The summed E-state index contributed by atoms with van der Waals surface area (Å²) in [6, 6.07) is 15.2. The second-order valence-electron chi connectivity index (χ2n) is 8.57. The summed E-state index contributed by atoms with van der Waals surface area (Å²) in [5.41, 5.74) is 2.70. The first-order chi connectivity index (χ1) is 15.7. The van der Waals surface area contributed by atoms with Crippen LogP contribution in [-0.2, 0) is 11.2 Å². The molecule has 164 valence electrons. The van der Waals surface area contributed by atoms with Gasteiger partial charge in [0.15, 0.2) is 0 Å². The molecule has 1 aromatic carbocycles. The Morgan fingerprint density at radius 3 is 2.59 bits per heavy atom. The molecule has 2 aliphatic rings. The second kappa shape index (κ2) is 8.94. The van der Waals surface area contributed by atoms with E-state index in [0.717, 1.165) is 48.3 Å². The normalized spacial score (nSPS) is 22.4. The monoisotopic (exact) mass is 430 g/mol. The number of rotatable bonds is 4. The summed E-state index contributed by atoms with van der Waals surface area (Å²) in [5, 5.41) is 7.83. The first-order valence-electron chi connectivity index (χ1n) is 11.2. The molecule has 7 nitrogen and oxygen atoms in total. The Bertz CT molecular complexity index is 1150. The van der Waals surface area contributed by atoms with Crippen LogP contribution in [0, 0.1) is 5.92 Å². The first-order valence-corrected chi connectivity index (χ1v) is 11.2. The van der Waals surface area contributed by atoms with Gasteiger partial charge in [0.05, 0.1) is 17.7 Å². The molecule has 1 aliphatic heterocycles. The van der Waals surface area contributed by atoms with Gasteiger partial charge in [0.2, 0.25) is 5.91 Å². The summed E-state index contributed by atoms with van der Waals surface area (Å²) < 4.78 is 7.38. The average molecular weight is 431 g/mol. The number of ether oxygens (including phenoxy) is 1. The van der Waals surface area contributed by atoms with Crippen molar-refractivity contribution in [3.63, 3.8) is 0 Å². The van der Waals surface area contributed by atoms with Gasteiger partial charge in [-0.1, -0.05) is 18.2 Å². The van der Waals surface area contributed by atoms with E-state index in [4.69, 9.17) is 4.74 Å². The standard InChI is InChI=1S/C25H26N4O3/c30-24-10-9-22(17-11-13-26-14-12-17)28-29(24)21-7-5-20(6-8-21)27-25(31)19-15-18-3-1-2-4-23(18)32-16-19/h1-4,9-14,19-21H,5-8,15-16H2,(H,27,31). The third-order valence-electron chi connectivity index (χ3n) is 6.44. The van der Waals surface area contributed by atoms with Gasteiger partial charge in [-0.05, 0) is 61.9 Å². The largest absolute Gasteiger partial charge is 0.492 e. The number of carbonyl (C=O) groups is 1. The molecule has 5 rings (SSSR count). The topological polar surface area (TPSA) is 86.1 Å². The number of hydrogen-bond acceptors (Lipinski definition) is 5. The molecule has 3 aromatic rings.